The number of hydrogen-bond acceptors (Lipinski definition) is 2. The minimum Gasteiger partial charge on any atom is -0.329 e. The van der Waals surface area contributed by atoms with Gasteiger partial charge in [-0.2, -0.15) is 0 Å². The third kappa shape index (κ3) is 1.11. The molecule has 0 radical (unpaired) electrons. The average molecular weight is 236 g/mol. The minimum absolute atomic E-state index is 0.261. The Morgan fingerprint density at radius 2 is 2.64 bits per heavy atom. The average Bonchev–Trinajstić information content (AvgIpc) is 2.25. The van der Waals surface area contributed by atoms with E-state index in [0.29, 0.717) is 11.3 Å². The molecule has 2 fully saturated rings. The van der Waals surface area contributed by atoms with Crippen molar-refractivity contribution in [2.75, 3.05) is 11.9 Å². The lowest BCUT2D eigenvalue weighted by molar-refractivity contribution is -0.140. The fourth-order valence-electron chi connectivity index (χ4n) is 1.52. The molecule has 0 aromatic carbocycles. The molecule has 1 amide bonds. The molecule has 2 heterocycles. The van der Waals surface area contributed by atoms with Crippen LogP contribution in [0.3, 0.4) is 0 Å². The largest absolute Gasteiger partial charge is 0.329 e. The molecule has 0 spiro atoms. The SMILES string of the molecule is CC1(CBr)CN2C(=O)CC2S1. The number of carbonyl (C=O) groups excluding carboxylic acids is 1. The number of thioether (sulfide) groups is 1. The van der Waals surface area contributed by atoms with Gasteiger partial charge in [0.1, 0.15) is 0 Å². The Morgan fingerprint density at radius 3 is 3.09 bits per heavy atom. The van der Waals surface area contributed by atoms with E-state index in [9.17, 15) is 4.79 Å². The van der Waals surface area contributed by atoms with Crippen molar-refractivity contribution in [1.29, 1.82) is 0 Å². The molecule has 62 valence electrons. The predicted octanol–water partition coefficient (Wildman–Crippen LogP) is 1.45. The number of fused-ring (bicyclic) bond motifs is 1. The van der Waals surface area contributed by atoms with E-state index in [4.69, 9.17) is 0 Å². The van der Waals surface area contributed by atoms with Gasteiger partial charge in [-0.05, 0) is 6.92 Å². The summed E-state index contributed by atoms with van der Waals surface area (Å²) in [5.74, 6) is 0.326. The lowest BCUT2D eigenvalue weighted by Crippen LogP contribution is -2.47. The normalized spacial score (nSPS) is 42.2. The van der Waals surface area contributed by atoms with E-state index in [1.807, 2.05) is 16.7 Å². The van der Waals surface area contributed by atoms with Gasteiger partial charge in [-0.15, -0.1) is 11.8 Å². The predicted molar refractivity (Wildman–Crippen MR) is 49.9 cm³/mol. The minimum atomic E-state index is 0.261. The highest BCUT2D eigenvalue weighted by atomic mass is 79.9. The maximum atomic E-state index is 11.0. The molecule has 0 aliphatic carbocycles. The number of hydrogen-bond donors (Lipinski definition) is 0. The summed E-state index contributed by atoms with van der Waals surface area (Å²) in [5, 5.41) is 1.47. The zero-order valence-corrected chi connectivity index (χ0v) is 8.74. The Balaban J connectivity index is 2.08. The Hall–Kier alpha value is 0.300. The van der Waals surface area contributed by atoms with Crippen LogP contribution < -0.4 is 0 Å². The van der Waals surface area contributed by atoms with Gasteiger partial charge in [0.15, 0.2) is 0 Å². The second-order valence-electron chi connectivity index (χ2n) is 3.38. The maximum absolute atomic E-state index is 11.0. The Morgan fingerprint density at radius 1 is 1.91 bits per heavy atom. The van der Waals surface area contributed by atoms with Crippen LogP contribution in [0, 0.1) is 0 Å². The molecular weight excluding hydrogens is 226 g/mol. The van der Waals surface area contributed by atoms with Crippen molar-refractivity contribution < 1.29 is 4.79 Å². The van der Waals surface area contributed by atoms with Gasteiger partial charge in [0.25, 0.3) is 0 Å². The van der Waals surface area contributed by atoms with Crippen LogP contribution in [-0.4, -0.2) is 32.8 Å². The lowest BCUT2D eigenvalue weighted by Gasteiger charge is -2.32. The van der Waals surface area contributed by atoms with E-state index < -0.39 is 0 Å². The van der Waals surface area contributed by atoms with Gasteiger partial charge < -0.3 is 4.90 Å². The summed E-state index contributed by atoms with van der Waals surface area (Å²) in [6.45, 7) is 3.13. The second kappa shape index (κ2) is 2.39. The summed E-state index contributed by atoms with van der Waals surface area (Å²) in [6.07, 6.45) is 0.757. The Labute approximate surface area is 78.8 Å². The molecule has 0 aromatic heterocycles. The van der Waals surface area contributed by atoms with Crippen molar-refractivity contribution in [1.82, 2.24) is 4.90 Å². The van der Waals surface area contributed by atoms with Crippen LogP contribution >= 0.6 is 27.7 Å². The summed E-state index contributed by atoms with van der Waals surface area (Å²) >= 11 is 5.40. The molecule has 0 saturated carbocycles. The molecule has 11 heavy (non-hydrogen) atoms. The summed E-state index contributed by atoms with van der Waals surface area (Å²) in [6, 6.07) is 0. The number of amides is 1. The van der Waals surface area contributed by atoms with Crippen LogP contribution in [0.4, 0.5) is 0 Å². The summed E-state index contributed by atoms with van der Waals surface area (Å²) in [4.78, 5) is 13.0. The summed E-state index contributed by atoms with van der Waals surface area (Å²) in [7, 11) is 0. The van der Waals surface area contributed by atoms with Gasteiger partial charge in [0.2, 0.25) is 5.91 Å². The van der Waals surface area contributed by atoms with Gasteiger partial charge in [-0.3, -0.25) is 4.79 Å². The number of alkyl halides is 1. The fraction of sp³-hybridized carbons (Fsp3) is 0.857. The second-order valence-corrected chi connectivity index (χ2v) is 5.71. The van der Waals surface area contributed by atoms with Crippen molar-refractivity contribution in [3.63, 3.8) is 0 Å². The summed E-state index contributed by atoms with van der Waals surface area (Å²) < 4.78 is 0.261. The highest BCUT2D eigenvalue weighted by Crippen LogP contribution is 2.46. The monoisotopic (exact) mass is 235 g/mol. The smallest absolute Gasteiger partial charge is 0.226 e. The van der Waals surface area contributed by atoms with Crippen molar-refractivity contribution in [3.05, 3.63) is 0 Å². The van der Waals surface area contributed by atoms with Crippen LogP contribution in [0.2, 0.25) is 0 Å². The molecule has 2 aliphatic rings. The number of nitrogens with zero attached hydrogens (tertiary/aromatic N) is 1. The standard InChI is InChI=1S/C7H10BrNOS/c1-7(3-8)4-9-5(10)2-6(9)11-7/h6H,2-4H2,1H3. The molecular formula is C7H10BrNOS. The van der Waals surface area contributed by atoms with Crippen molar-refractivity contribution in [3.8, 4) is 0 Å². The van der Waals surface area contributed by atoms with E-state index in [-0.39, 0.29) is 4.75 Å². The van der Waals surface area contributed by atoms with E-state index in [1.54, 1.807) is 0 Å². The molecule has 2 aliphatic heterocycles. The van der Waals surface area contributed by atoms with Gasteiger partial charge >= 0.3 is 0 Å². The zero-order chi connectivity index (χ0) is 8.06. The van der Waals surface area contributed by atoms with E-state index in [0.717, 1.165) is 18.3 Å². The molecule has 2 rings (SSSR count). The molecule has 2 saturated heterocycles. The molecule has 2 unspecified atom stereocenters. The number of halogens is 1. The van der Waals surface area contributed by atoms with Crippen molar-refractivity contribution >= 4 is 33.6 Å². The van der Waals surface area contributed by atoms with Gasteiger partial charge in [-0.25, -0.2) is 0 Å². The molecule has 2 nitrogen and oxygen atoms in total. The van der Waals surface area contributed by atoms with Crippen LogP contribution in [-0.2, 0) is 4.79 Å². The highest BCUT2D eigenvalue weighted by molar-refractivity contribution is 9.09. The van der Waals surface area contributed by atoms with Crippen LogP contribution in [0.15, 0.2) is 0 Å². The molecule has 0 bridgehead atoms. The number of rotatable bonds is 1. The number of carbonyl (C=O) groups is 1. The Bertz CT molecular complexity index is 211. The quantitative estimate of drug-likeness (QED) is 0.507. The van der Waals surface area contributed by atoms with Crippen LogP contribution in [0.1, 0.15) is 13.3 Å². The van der Waals surface area contributed by atoms with Crippen molar-refractivity contribution in [2.24, 2.45) is 0 Å². The van der Waals surface area contributed by atoms with Gasteiger partial charge in [-0.1, -0.05) is 15.9 Å². The third-order valence-corrected chi connectivity index (χ3v) is 5.37. The maximum Gasteiger partial charge on any atom is 0.226 e. The van der Waals surface area contributed by atoms with E-state index in [2.05, 4.69) is 22.9 Å². The van der Waals surface area contributed by atoms with Crippen LogP contribution in [0.25, 0.3) is 0 Å². The molecule has 0 N–H and O–H groups in total. The van der Waals surface area contributed by atoms with Gasteiger partial charge in [0.05, 0.1) is 11.8 Å². The molecule has 2 atom stereocenters. The first-order valence-corrected chi connectivity index (χ1v) is 5.68. The first-order valence-electron chi connectivity index (χ1n) is 3.68. The first kappa shape index (κ1) is 7.92. The molecule has 0 aromatic rings. The third-order valence-electron chi connectivity index (χ3n) is 2.23. The first-order chi connectivity index (χ1) is 5.14. The van der Waals surface area contributed by atoms with Crippen molar-refractivity contribution in [2.45, 2.75) is 23.5 Å². The number of β-lactam (4-membered cyclic amide) rings is 1. The fourth-order valence-corrected chi connectivity index (χ4v) is 3.57. The highest BCUT2D eigenvalue weighted by Gasteiger charge is 2.49. The van der Waals surface area contributed by atoms with Crippen LogP contribution in [0.5, 0.6) is 0 Å². The topological polar surface area (TPSA) is 20.3 Å². The van der Waals surface area contributed by atoms with E-state index in [1.165, 1.54) is 0 Å². The Kier molecular flexibility index (Phi) is 1.72. The summed E-state index contributed by atoms with van der Waals surface area (Å²) in [5.41, 5.74) is 0. The molecule has 4 heteroatoms. The lowest BCUT2D eigenvalue weighted by atomic mass is 10.1. The van der Waals surface area contributed by atoms with E-state index >= 15 is 0 Å². The zero-order valence-electron chi connectivity index (χ0n) is 6.34. The van der Waals surface area contributed by atoms with Gasteiger partial charge in [0, 0.05) is 16.6 Å².